The fraction of sp³-hybridized carbons (Fsp3) is 0.357. The Balaban J connectivity index is 1.88. The fourth-order valence-corrected chi connectivity index (χ4v) is 2.16. The third-order valence-electron chi connectivity index (χ3n) is 2.62. The number of rotatable bonds is 8. The molecular weight excluding hydrogens is 260 g/mol. The minimum atomic E-state index is 0.569. The molecule has 4 nitrogen and oxygen atoms in total. The van der Waals surface area contributed by atoms with Crippen molar-refractivity contribution in [1.82, 2.24) is 10.3 Å². The van der Waals surface area contributed by atoms with Crippen molar-refractivity contribution in [3.8, 4) is 5.75 Å². The van der Waals surface area contributed by atoms with Gasteiger partial charge in [-0.3, -0.25) is 4.98 Å². The molecule has 2 rings (SSSR count). The summed E-state index contributed by atoms with van der Waals surface area (Å²) in [5.74, 6) is 0.917. The van der Waals surface area contributed by atoms with Gasteiger partial charge < -0.3 is 14.8 Å². The Bertz CT molecular complexity index is 474. The maximum atomic E-state index is 5.84. The number of para-hydroxylation sites is 1. The molecule has 1 aromatic carbocycles. The largest absolute Gasteiger partial charge is 0.488 e. The van der Waals surface area contributed by atoms with Gasteiger partial charge >= 0.3 is 0 Å². The number of hydrogen-bond donors (Lipinski definition) is 1. The number of thiazole rings is 1. The average Bonchev–Trinajstić information content (AvgIpc) is 2.96. The molecule has 0 radical (unpaired) electrons. The van der Waals surface area contributed by atoms with Gasteiger partial charge in [0, 0.05) is 32.0 Å². The molecule has 0 bridgehead atoms. The van der Waals surface area contributed by atoms with Crippen LogP contribution in [-0.4, -0.2) is 25.2 Å². The van der Waals surface area contributed by atoms with Crippen LogP contribution < -0.4 is 10.1 Å². The van der Waals surface area contributed by atoms with Crippen LogP contribution in [0.25, 0.3) is 0 Å². The number of nitrogens with one attached hydrogen (secondary N) is 1. The van der Waals surface area contributed by atoms with Crippen molar-refractivity contribution < 1.29 is 9.47 Å². The number of nitrogens with zero attached hydrogens (tertiary/aromatic N) is 1. The summed E-state index contributed by atoms with van der Waals surface area (Å²) in [6.45, 7) is 2.89. The molecule has 0 atom stereocenters. The summed E-state index contributed by atoms with van der Waals surface area (Å²) in [5.41, 5.74) is 2.97. The van der Waals surface area contributed by atoms with Crippen molar-refractivity contribution in [3.63, 3.8) is 0 Å². The highest BCUT2D eigenvalue weighted by molar-refractivity contribution is 7.09. The first-order valence-electron chi connectivity index (χ1n) is 6.18. The molecule has 0 aliphatic carbocycles. The van der Waals surface area contributed by atoms with Crippen LogP contribution in [0.3, 0.4) is 0 Å². The maximum Gasteiger partial charge on any atom is 0.124 e. The van der Waals surface area contributed by atoms with E-state index >= 15 is 0 Å². The molecule has 0 spiro atoms. The molecule has 1 N–H and O–H groups in total. The Labute approximate surface area is 117 Å². The van der Waals surface area contributed by atoms with Gasteiger partial charge in [0.1, 0.15) is 12.4 Å². The highest BCUT2D eigenvalue weighted by atomic mass is 32.1. The third kappa shape index (κ3) is 4.63. The lowest BCUT2D eigenvalue weighted by Crippen LogP contribution is -2.19. The minimum Gasteiger partial charge on any atom is -0.488 e. The average molecular weight is 278 g/mol. The van der Waals surface area contributed by atoms with Crippen molar-refractivity contribution in [2.75, 3.05) is 20.3 Å². The van der Waals surface area contributed by atoms with E-state index in [4.69, 9.17) is 9.47 Å². The number of ether oxygens (including phenoxy) is 2. The Morgan fingerprint density at radius 1 is 1.32 bits per heavy atom. The van der Waals surface area contributed by atoms with E-state index in [-0.39, 0.29) is 0 Å². The Kier molecular flexibility index (Phi) is 5.81. The van der Waals surface area contributed by atoms with Crippen molar-refractivity contribution in [3.05, 3.63) is 46.4 Å². The SMILES string of the molecule is COCCNCc1ccccc1OCc1cncs1. The highest BCUT2D eigenvalue weighted by Crippen LogP contribution is 2.19. The molecule has 1 aromatic heterocycles. The van der Waals surface area contributed by atoms with Gasteiger partial charge in [0.05, 0.1) is 17.0 Å². The van der Waals surface area contributed by atoms with E-state index in [2.05, 4.69) is 16.4 Å². The van der Waals surface area contributed by atoms with Gasteiger partial charge in [-0.1, -0.05) is 18.2 Å². The van der Waals surface area contributed by atoms with Crippen molar-refractivity contribution in [1.29, 1.82) is 0 Å². The highest BCUT2D eigenvalue weighted by Gasteiger charge is 2.03. The first kappa shape index (κ1) is 14.0. The Morgan fingerprint density at radius 2 is 2.21 bits per heavy atom. The van der Waals surface area contributed by atoms with Crippen molar-refractivity contribution in [2.24, 2.45) is 0 Å². The normalized spacial score (nSPS) is 10.6. The van der Waals surface area contributed by atoms with Crippen molar-refractivity contribution in [2.45, 2.75) is 13.2 Å². The molecule has 0 aliphatic heterocycles. The molecule has 0 saturated heterocycles. The number of methoxy groups -OCH3 is 1. The van der Waals surface area contributed by atoms with Gasteiger partial charge in [-0.2, -0.15) is 0 Å². The smallest absolute Gasteiger partial charge is 0.124 e. The van der Waals surface area contributed by atoms with Gasteiger partial charge in [0.2, 0.25) is 0 Å². The van der Waals surface area contributed by atoms with Crippen LogP contribution >= 0.6 is 11.3 Å². The van der Waals surface area contributed by atoms with E-state index in [1.807, 2.05) is 29.9 Å². The predicted octanol–water partition coefficient (Wildman–Crippen LogP) is 2.46. The van der Waals surface area contributed by atoms with Gasteiger partial charge in [0.25, 0.3) is 0 Å². The van der Waals surface area contributed by atoms with Crippen LogP contribution in [0.1, 0.15) is 10.4 Å². The van der Waals surface area contributed by atoms with E-state index < -0.39 is 0 Å². The van der Waals surface area contributed by atoms with Gasteiger partial charge in [-0.25, -0.2) is 0 Å². The van der Waals surface area contributed by atoms with Crippen molar-refractivity contribution >= 4 is 11.3 Å². The van der Waals surface area contributed by atoms with Gasteiger partial charge in [-0.15, -0.1) is 11.3 Å². The second-order valence-electron chi connectivity index (χ2n) is 4.03. The molecule has 0 aliphatic rings. The molecule has 0 unspecified atom stereocenters. The lowest BCUT2D eigenvalue weighted by Gasteiger charge is -2.11. The van der Waals surface area contributed by atoms with Crippen LogP contribution in [0.2, 0.25) is 0 Å². The molecule has 0 amide bonds. The van der Waals surface area contributed by atoms with E-state index in [9.17, 15) is 0 Å². The Hall–Kier alpha value is -1.43. The quantitative estimate of drug-likeness (QED) is 0.753. The van der Waals surface area contributed by atoms with E-state index in [0.29, 0.717) is 13.2 Å². The number of aromatic nitrogens is 1. The van der Waals surface area contributed by atoms with Crippen LogP contribution in [0.5, 0.6) is 5.75 Å². The zero-order valence-electron chi connectivity index (χ0n) is 11.0. The molecule has 0 saturated carbocycles. The lowest BCUT2D eigenvalue weighted by molar-refractivity contribution is 0.199. The summed E-state index contributed by atoms with van der Waals surface area (Å²) in [5, 5.41) is 3.32. The van der Waals surface area contributed by atoms with Crippen LogP contribution in [0, 0.1) is 0 Å². The maximum absolute atomic E-state index is 5.84. The summed E-state index contributed by atoms with van der Waals surface area (Å²) in [7, 11) is 1.70. The summed E-state index contributed by atoms with van der Waals surface area (Å²) in [4.78, 5) is 5.17. The summed E-state index contributed by atoms with van der Waals surface area (Å²) in [6.07, 6.45) is 1.84. The fourth-order valence-electron chi connectivity index (χ4n) is 1.65. The molecular formula is C14H18N2O2S. The second kappa shape index (κ2) is 7.89. The second-order valence-corrected chi connectivity index (χ2v) is 5.00. The molecule has 102 valence electrons. The van der Waals surface area contributed by atoms with Gasteiger partial charge in [0.15, 0.2) is 0 Å². The van der Waals surface area contributed by atoms with Crippen LogP contribution in [0.4, 0.5) is 0 Å². The Morgan fingerprint density at radius 3 is 3.00 bits per heavy atom. The van der Waals surface area contributed by atoms with E-state index in [0.717, 1.165) is 29.3 Å². The summed E-state index contributed by atoms with van der Waals surface area (Å²) < 4.78 is 10.8. The van der Waals surface area contributed by atoms with Crippen LogP contribution in [0.15, 0.2) is 36.0 Å². The molecule has 2 aromatic rings. The number of hydrogen-bond acceptors (Lipinski definition) is 5. The molecule has 0 fully saturated rings. The monoisotopic (exact) mass is 278 g/mol. The lowest BCUT2D eigenvalue weighted by atomic mass is 10.2. The third-order valence-corrected chi connectivity index (χ3v) is 3.38. The first-order chi connectivity index (χ1) is 9.40. The minimum absolute atomic E-state index is 0.569. The standard InChI is InChI=1S/C14H18N2O2S/c1-17-7-6-15-8-12-4-2-3-5-14(12)18-10-13-9-16-11-19-13/h2-5,9,11,15H,6-8,10H2,1H3. The number of benzene rings is 1. The zero-order valence-corrected chi connectivity index (χ0v) is 11.8. The first-order valence-corrected chi connectivity index (χ1v) is 7.06. The zero-order chi connectivity index (χ0) is 13.3. The summed E-state index contributed by atoms with van der Waals surface area (Å²) in [6, 6.07) is 8.07. The van der Waals surface area contributed by atoms with E-state index in [1.165, 1.54) is 0 Å². The molecule has 5 heteroatoms. The van der Waals surface area contributed by atoms with E-state index in [1.54, 1.807) is 18.4 Å². The summed E-state index contributed by atoms with van der Waals surface area (Å²) >= 11 is 1.60. The van der Waals surface area contributed by atoms with Crippen LogP contribution in [-0.2, 0) is 17.9 Å². The predicted molar refractivity (Wildman–Crippen MR) is 76.5 cm³/mol. The van der Waals surface area contributed by atoms with Gasteiger partial charge in [-0.05, 0) is 6.07 Å². The topological polar surface area (TPSA) is 43.4 Å². The molecule has 1 heterocycles. The molecule has 19 heavy (non-hydrogen) atoms.